The summed E-state index contributed by atoms with van der Waals surface area (Å²) >= 11 is 3.28. The lowest BCUT2D eigenvalue weighted by molar-refractivity contribution is -0.120. The van der Waals surface area contributed by atoms with Gasteiger partial charge in [-0.2, -0.15) is 5.10 Å². The summed E-state index contributed by atoms with van der Waals surface area (Å²) < 4.78 is 1.89. The minimum Gasteiger partial charge on any atom is -0.382 e. The average molecular weight is 343 g/mol. The first-order valence-corrected chi connectivity index (χ1v) is 7.70. The van der Waals surface area contributed by atoms with Crippen molar-refractivity contribution < 1.29 is 4.79 Å². The minimum absolute atomic E-state index is 0.0448. The van der Waals surface area contributed by atoms with Crippen molar-refractivity contribution in [3.05, 3.63) is 21.0 Å². The lowest BCUT2D eigenvalue weighted by Gasteiger charge is -2.10. The molecule has 0 spiro atoms. The van der Waals surface area contributed by atoms with Gasteiger partial charge in [-0.1, -0.05) is 6.92 Å². The number of halogens is 1. The van der Waals surface area contributed by atoms with Gasteiger partial charge < -0.3 is 10.6 Å². The van der Waals surface area contributed by atoms with Crippen LogP contribution in [0, 0.1) is 0 Å². The minimum atomic E-state index is -0.153. The molecule has 0 aromatic carbocycles. The van der Waals surface area contributed by atoms with Gasteiger partial charge in [-0.15, -0.1) is 0 Å². The van der Waals surface area contributed by atoms with E-state index >= 15 is 0 Å². The molecule has 110 valence electrons. The zero-order valence-electron chi connectivity index (χ0n) is 11.5. The van der Waals surface area contributed by atoms with Crippen molar-refractivity contribution in [3.8, 4) is 0 Å². The number of aryl methyl sites for hydroxylation is 1. The highest BCUT2D eigenvalue weighted by molar-refractivity contribution is 9.10. The summed E-state index contributed by atoms with van der Waals surface area (Å²) in [6.45, 7) is 3.07. The number of hydrogen-bond acceptors (Lipinski definition) is 4. The normalized spacial score (nSPS) is 14.1. The molecule has 20 heavy (non-hydrogen) atoms. The number of anilines is 1. The third kappa shape index (κ3) is 4.06. The molecule has 1 saturated carbocycles. The molecule has 7 heteroatoms. The first kappa shape index (κ1) is 15.0. The molecule has 0 atom stereocenters. The van der Waals surface area contributed by atoms with Crippen molar-refractivity contribution >= 4 is 27.5 Å². The van der Waals surface area contributed by atoms with E-state index in [9.17, 15) is 9.59 Å². The van der Waals surface area contributed by atoms with Crippen LogP contribution in [0.4, 0.5) is 5.69 Å². The molecule has 0 unspecified atom stereocenters. The molecule has 0 bridgehead atoms. The quantitative estimate of drug-likeness (QED) is 0.787. The van der Waals surface area contributed by atoms with Crippen molar-refractivity contribution in [2.24, 2.45) is 0 Å². The van der Waals surface area contributed by atoms with Gasteiger partial charge in [0.05, 0.1) is 11.9 Å². The lowest BCUT2D eigenvalue weighted by Crippen LogP contribution is -2.28. The topological polar surface area (TPSA) is 76.0 Å². The molecule has 0 radical (unpaired) electrons. The van der Waals surface area contributed by atoms with Crippen molar-refractivity contribution in [1.82, 2.24) is 15.1 Å². The summed E-state index contributed by atoms with van der Waals surface area (Å²) in [4.78, 5) is 23.5. The van der Waals surface area contributed by atoms with Gasteiger partial charge in [-0.3, -0.25) is 9.59 Å². The van der Waals surface area contributed by atoms with E-state index in [1.54, 1.807) is 6.20 Å². The van der Waals surface area contributed by atoms with Crippen LogP contribution in [0.2, 0.25) is 0 Å². The Kier molecular flexibility index (Phi) is 5.17. The molecule has 1 amide bonds. The van der Waals surface area contributed by atoms with Crippen LogP contribution in [0.25, 0.3) is 0 Å². The zero-order chi connectivity index (χ0) is 14.5. The Morgan fingerprint density at radius 2 is 2.30 bits per heavy atom. The fourth-order valence-electron chi connectivity index (χ4n) is 1.80. The summed E-state index contributed by atoms with van der Waals surface area (Å²) in [6.07, 6.45) is 5.03. The van der Waals surface area contributed by atoms with Gasteiger partial charge in [-0.25, -0.2) is 4.68 Å². The highest BCUT2D eigenvalue weighted by Crippen LogP contribution is 2.19. The first-order chi connectivity index (χ1) is 9.61. The third-order valence-electron chi connectivity index (χ3n) is 3.03. The molecular weight excluding hydrogens is 324 g/mol. The second kappa shape index (κ2) is 6.88. The molecule has 2 rings (SSSR count). The number of carbonyl (C=O) groups excluding carboxylic acids is 1. The molecule has 0 aliphatic heterocycles. The Bertz CT molecular complexity index is 540. The lowest BCUT2D eigenvalue weighted by atomic mass is 10.3. The van der Waals surface area contributed by atoms with Gasteiger partial charge in [0, 0.05) is 25.6 Å². The van der Waals surface area contributed by atoms with Crippen LogP contribution in [0.5, 0.6) is 0 Å². The van der Waals surface area contributed by atoms with E-state index in [0.717, 1.165) is 19.3 Å². The van der Waals surface area contributed by atoms with Gasteiger partial charge in [0.15, 0.2) is 0 Å². The number of hydrogen-bond donors (Lipinski definition) is 2. The molecule has 1 fully saturated rings. The Hall–Kier alpha value is -1.37. The molecule has 1 aliphatic rings. The molecule has 0 saturated heterocycles. The Morgan fingerprint density at radius 1 is 1.55 bits per heavy atom. The Labute approximate surface area is 126 Å². The van der Waals surface area contributed by atoms with Crippen LogP contribution in [0.15, 0.2) is 15.5 Å². The van der Waals surface area contributed by atoms with E-state index in [-0.39, 0.29) is 11.5 Å². The van der Waals surface area contributed by atoms with Crippen molar-refractivity contribution in [2.75, 3.05) is 11.9 Å². The molecule has 1 heterocycles. The maximum atomic E-state index is 12.0. The van der Waals surface area contributed by atoms with E-state index < -0.39 is 0 Å². The summed E-state index contributed by atoms with van der Waals surface area (Å²) in [5.74, 6) is 0.0448. The van der Waals surface area contributed by atoms with Crippen molar-refractivity contribution in [1.29, 1.82) is 0 Å². The number of rotatable bonds is 7. The van der Waals surface area contributed by atoms with Gasteiger partial charge in [-0.05, 0) is 35.2 Å². The maximum absolute atomic E-state index is 12.0. The van der Waals surface area contributed by atoms with Crippen LogP contribution in [0.1, 0.15) is 32.6 Å². The smallest absolute Gasteiger partial charge is 0.283 e. The highest BCUT2D eigenvalue weighted by Gasteiger charge is 2.22. The summed E-state index contributed by atoms with van der Waals surface area (Å²) in [6, 6.07) is 0.383. The highest BCUT2D eigenvalue weighted by atomic mass is 79.9. The predicted octanol–water partition coefficient (Wildman–Crippen LogP) is 1.50. The maximum Gasteiger partial charge on any atom is 0.283 e. The van der Waals surface area contributed by atoms with Gasteiger partial charge in [0.2, 0.25) is 5.91 Å². The third-order valence-corrected chi connectivity index (χ3v) is 3.80. The summed E-state index contributed by atoms with van der Waals surface area (Å²) in [5.41, 5.74) is 0.473. The molecular formula is C13H19BrN4O2. The number of nitrogens with zero attached hydrogens (tertiary/aromatic N) is 2. The van der Waals surface area contributed by atoms with Crippen molar-refractivity contribution in [3.63, 3.8) is 0 Å². The predicted molar refractivity (Wildman–Crippen MR) is 80.8 cm³/mol. The van der Waals surface area contributed by atoms with Crippen LogP contribution in [0.3, 0.4) is 0 Å². The number of carbonyl (C=O) groups is 1. The van der Waals surface area contributed by atoms with E-state index in [2.05, 4.69) is 31.7 Å². The Balaban J connectivity index is 1.87. The van der Waals surface area contributed by atoms with E-state index in [1.807, 2.05) is 6.92 Å². The number of aromatic nitrogens is 2. The molecule has 1 aromatic heterocycles. The average Bonchev–Trinajstić information content (AvgIpc) is 3.22. The monoisotopic (exact) mass is 342 g/mol. The zero-order valence-corrected chi connectivity index (χ0v) is 13.1. The van der Waals surface area contributed by atoms with E-state index in [4.69, 9.17) is 0 Å². The van der Waals surface area contributed by atoms with Crippen LogP contribution < -0.4 is 16.2 Å². The SMILES string of the molecule is CCCn1ncc(NCCC(=O)NC2CC2)c(Br)c1=O. The fraction of sp³-hybridized carbons (Fsp3) is 0.615. The summed E-state index contributed by atoms with van der Waals surface area (Å²) in [5, 5.41) is 10.1. The van der Waals surface area contributed by atoms with Crippen molar-refractivity contribution in [2.45, 2.75) is 45.2 Å². The molecule has 2 N–H and O–H groups in total. The van der Waals surface area contributed by atoms with E-state index in [1.165, 1.54) is 4.68 Å². The molecule has 6 nitrogen and oxygen atoms in total. The van der Waals surface area contributed by atoms with Crippen LogP contribution >= 0.6 is 15.9 Å². The van der Waals surface area contributed by atoms with E-state index in [0.29, 0.717) is 35.7 Å². The second-order valence-corrected chi connectivity index (χ2v) is 5.71. The van der Waals surface area contributed by atoms with Crippen LogP contribution in [-0.2, 0) is 11.3 Å². The largest absolute Gasteiger partial charge is 0.382 e. The Morgan fingerprint density at radius 3 is 2.95 bits per heavy atom. The first-order valence-electron chi connectivity index (χ1n) is 6.90. The number of nitrogens with one attached hydrogen (secondary N) is 2. The van der Waals surface area contributed by atoms with Gasteiger partial charge >= 0.3 is 0 Å². The fourth-order valence-corrected chi connectivity index (χ4v) is 2.24. The van der Waals surface area contributed by atoms with Gasteiger partial charge in [0.25, 0.3) is 5.56 Å². The standard InChI is InChI=1S/C13H19BrN4O2/c1-2-7-18-13(20)12(14)10(8-16-18)15-6-5-11(19)17-9-3-4-9/h8-9,15H,2-7H2,1H3,(H,17,19). The van der Waals surface area contributed by atoms with Gasteiger partial charge in [0.1, 0.15) is 4.47 Å². The van der Waals surface area contributed by atoms with Crippen LogP contribution in [-0.4, -0.2) is 28.3 Å². The summed E-state index contributed by atoms with van der Waals surface area (Å²) in [7, 11) is 0. The second-order valence-electron chi connectivity index (χ2n) is 4.92. The molecule has 1 aromatic rings. The number of amides is 1. The molecule has 1 aliphatic carbocycles.